The van der Waals surface area contributed by atoms with Crippen molar-refractivity contribution in [1.82, 2.24) is 4.90 Å². The van der Waals surface area contributed by atoms with Crippen LogP contribution in [0.5, 0.6) is 0 Å². The van der Waals surface area contributed by atoms with Crippen molar-refractivity contribution in [2.75, 3.05) is 13.1 Å². The molecule has 5 heteroatoms. The van der Waals surface area contributed by atoms with Gasteiger partial charge in [0.05, 0.1) is 5.41 Å². The first kappa shape index (κ1) is 14.3. The molecule has 0 spiro atoms. The summed E-state index contributed by atoms with van der Waals surface area (Å²) < 4.78 is 13.7. The van der Waals surface area contributed by atoms with Crippen molar-refractivity contribution in [1.29, 1.82) is 0 Å². The van der Waals surface area contributed by atoms with E-state index in [0.717, 1.165) is 13.0 Å². The van der Waals surface area contributed by atoms with E-state index in [9.17, 15) is 14.3 Å². The molecule has 1 aliphatic rings. The molecular formula is C14H17ClFNO2. The second-order valence-corrected chi connectivity index (χ2v) is 5.85. The maximum atomic E-state index is 13.7. The van der Waals surface area contributed by atoms with Crippen LogP contribution in [0.1, 0.15) is 25.3 Å². The lowest BCUT2D eigenvalue weighted by Crippen LogP contribution is -2.45. The molecule has 1 unspecified atom stereocenters. The van der Waals surface area contributed by atoms with E-state index in [4.69, 9.17) is 11.6 Å². The van der Waals surface area contributed by atoms with E-state index in [-0.39, 0.29) is 5.82 Å². The number of carboxylic acid groups (broad SMARTS) is 1. The van der Waals surface area contributed by atoms with Gasteiger partial charge in [-0.2, -0.15) is 0 Å². The van der Waals surface area contributed by atoms with Crippen LogP contribution in [0.2, 0.25) is 5.02 Å². The number of benzene rings is 1. The molecule has 1 aromatic rings. The molecule has 0 amide bonds. The number of nitrogens with zero attached hydrogens (tertiary/aromatic N) is 1. The predicted molar refractivity (Wildman–Crippen MR) is 71.7 cm³/mol. The summed E-state index contributed by atoms with van der Waals surface area (Å²) in [6, 6.07) is 4.60. The summed E-state index contributed by atoms with van der Waals surface area (Å²) in [5.41, 5.74) is -0.180. The van der Waals surface area contributed by atoms with Gasteiger partial charge in [-0.25, -0.2) is 4.39 Å². The maximum Gasteiger partial charge on any atom is 0.310 e. The summed E-state index contributed by atoms with van der Waals surface area (Å²) in [4.78, 5) is 13.3. The second-order valence-electron chi connectivity index (χ2n) is 5.42. The molecule has 3 nitrogen and oxygen atoms in total. The molecular weight excluding hydrogens is 269 g/mol. The van der Waals surface area contributed by atoms with E-state index >= 15 is 0 Å². The molecule has 1 aliphatic heterocycles. The van der Waals surface area contributed by atoms with E-state index < -0.39 is 11.4 Å². The first-order valence-corrected chi connectivity index (χ1v) is 6.68. The van der Waals surface area contributed by atoms with Gasteiger partial charge in [-0.1, -0.05) is 17.7 Å². The summed E-state index contributed by atoms with van der Waals surface area (Å²) in [6.45, 7) is 3.42. The smallest absolute Gasteiger partial charge is 0.310 e. The fourth-order valence-corrected chi connectivity index (χ4v) is 2.70. The Balaban J connectivity index is 2.09. The number of piperidine rings is 1. The first-order valence-electron chi connectivity index (χ1n) is 6.30. The monoisotopic (exact) mass is 285 g/mol. The largest absolute Gasteiger partial charge is 0.481 e. The molecule has 2 rings (SSSR count). The van der Waals surface area contributed by atoms with Crippen molar-refractivity contribution in [2.45, 2.75) is 26.3 Å². The van der Waals surface area contributed by atoms with Crippen LogP contribution in [-0.2, 0) is 11.3 Å². The molecule has 0 bridgehead atoms. The van der Waals surface area contributed by atoms with Crippen LogP contribution in [0.25, 0.3) is 0 Å². The minimum atomic E-state index is -0.784. The lowest BCUT2D eigenvalue weighted by atomic mass is 9.82. The predicted octanol–water partition coefficient (Wildman–Crippen LogP) is 3.17. The zero-order chi connectivity index (χ0) is 14.0. The van der Waals surface area contributed by atoms with Gasteiger partial charge >= 0.3 is 5.97 Å². The third-order valence-electron chi connectivity index (χ3n) is 3.70. The molecule has 1 atom stereocenters. The Morgan fingerprint density at radius 3 is 2.95 bits per heavy atom. The van der Waals surface area contributed by atoms with Crippen LogP contribution < -0.4 is 0 Å². The highest BCUT2D eigenvalue weighted by molar-refractivity contribution is 6.30. The van der Waals surface area contributed by atoms with Gasteiger partial charge in [0.25, 0.3) is 0 Å². The highest BCUT2D eigenvalue weighted by atomic mass is 35.5. The number of aliphatic carboxylic acids is 1. The zero-order valence-corrected chi connectivity index (χ0v) is 11.6. The third kappa shape index (κ3) is 3.25. The highest BCUT2D eigenvalue weighted by Gasteiger charge is 2.37. The molecule has 1 saturated heterocycles. The average Bonchev–Trinajstić information content (AvgIpc) is 2.33. The fraction of sp³-hybridized carbons (Fsp3) is 0.500. The Hall–Kier alpha value is -1.13. The standard InChI is InChI=1S/C14H17ClFNO2/c1-14(13(18)19)5-2-6-17(9-14)8-10-3-4-11(15)7-12(10)16/h3-4,7H,2,5-6,8-9H2,1H3,(H,18,19). The summed E-state index contributed by atoms with van der Waals surface area (Å²) in [5, 5.41) is 9.62. The van der Waals surface area contributed by atoms with E-state index in [1.165, 1.54) is 6.07 Å². The normalized spacial score (nSPS) is 24.4. The quantitative estimate of drug-likeness (QED) is 0.927. The Morgan fingerprint density at radius 1 is 1.58 bits per heavy atom. The molecule has 0 aromatic heterocycles. The Bertz CT molecular complexity index is 494. The van der Waals surface area contributed by atoms with Crippen molar-refractivity contribution < 1.29 is 14.3 Å². The average molecular weight is 286 g/mol. The molecule has 1 heterocycles. The Labute approximate surface area is 117 Å². The summed E-state index contributed by atoms with van der Waals surface area (Å²) >= 11 is 5.72. The molecule has 1 aromatic carbocycles. The molecule has 19 heavy (non-hydrogen) atoms. The fourth-order valence-electron chi connectivity index (χ4n) is 2.54. The van der Waals surface area contributed by atoms with Crippen LogP contribution >= 0.6 is 11.6 Å². The van der Waals surface area contributed by atoms with Crippen molar-refractivity contribution in [3.05, 3.63) is 34.6 Å². The molecule has 0 aliphatic carbocycles. The van der Waals surface area contributed by atoms with Gasteiger partial charge in [0.2, 0.25) is 0 Å². The minimum absolute atomic E-state index is 0.338. The first-order chi connectivity index (χ1) is 8.90. The van der Waals surface area contributed by atoms with E-state index in [1.807, 2.05) is 4.90 Å². The Kier molecular flexibility index (Phi) is 4.11. The van der Waals surface area contributed by atoms with E-state index in [0.29, 0.717) is 30.1 Å². The van der Waals surface area contributed by atoms with Gasteiger partial charge in [0.1, 0.15) is 5.82 Å². The number of carbonyl (C=O) groups is 1. The van der Waals surface area contributed by atoms with Gasteiger partial charge in [0, 0.05) is 23.7 Å². The lowest BCUT2D eigenvalue weighted by molar-refractivity contribution is -0.151. The van der Waals surface area contributed by atoms with Crippen molar-refractivity contribution in [2.24, 2.45) is 5.41 Å². The molecule has 0 saturated carbocycles. The second kappa shape index (κ2) is 5.47. The van der Waals surface area contributed by atoms with Crippen molar-refractivity contribution in [3.63, 3.8) is 0 Å². The van der Waals surface area contributed by atoms with Crippen LogP contribution in [0.4, 0.5) is 4.39 Å². The van der Waals surface area contributed by atoms with Crippen LogP contribution in [0, 0.1) is 11.2 Å². The van der Waals surface area contributed by atoms with Crippen LogP contribution in [0.3, 0.4) is 0 Å². The van der Waals surface area contributed by atoms with E-state index in [2.05, 4.69) is 0 Å². The summed E-state index contributed by atoms with van der Waals surface area (Å²) in [7, 11) is 0. The molecule has 104 valence electrons. The van der Waals surface area contributed by atoms with Crippen LogP contribution in [0.15, 0.2) is 18.2 Å². The van der Waals surface area contributed by atoms with Gasteiger partial charge < -0.3 is 5.11 Å². The number of carboxylic acids is 1. The molecule has 0 radical (unpaired) electrons. The number of hydrogen-bond acceptors (Lipinski definition) is 2. The van der Waals surface area contributed by atoms with E-state index in [1.54, 1.807) is 19.1 Å². The molecule has 1 fully saturated rings. The molecule has 1 N–H and O–H groups in total. The number of halogens is 2. The Morgan fingerprint density at radius 2 is 2.32 bits per heavy atom. The van der Waals surface area contributed by atoms with Gasteiger partial charge in [-0.05, 0) is 38.4 Å². The summed E-state index contributed by atoms with van der Waals surface area (Å²) in [5.74, 6) is -1.12. The van der Waals surface area contributed by atoms with Gasteiger partial charge in [-0.15, -0.1) is 0 Å². The van der Waals surface area contributed by atoms with Crippen molar-refractivity contribution >= 4 is 17.6 Å². The lowest BCUT2D eigenvalue weighted by Gasteiger charge is -2.37. The minimum Gasteiger partial charge on any atom is -0.481 e. The van der Waals surface area contributed by atoms with Gasteiger partial charge in [0.15, 0.2) is 0 Å². The third-order valence-corrected chi connectivity index (χ3v) is 3.94. The van der Waals surface area contributed by atoms with Crippen molar-refractivity contribution in [3.8, 4) is 0 Å². The van der Waals surface area contributed by atoms with Crippen LogP contribution in [-0.4, -0.2) is 29.1 Å². The number of likely N-dealkylation sites (tertiary alicyclic amines) is 1. The topological polar surface area (TPSA) is 40.5 Å². The summed E-state index contributed by atoms with van der Waals surface area (Å²) in [6.07, 6.45) is 1.49. The highest BCUT2D eigenvalue weighted by Crippen LogP contribution is 2.30. The number of hydrogen-bond donors (Lipinski definition) is 1. The maximum absolute atomic E-state index is 13.7. The SMILES string of the molecule is CC1(C(=O)O)CCCN(Cc2ccc(Cl)cc2F)C1. The van der Waals surface area contributed by atoms with Gasteiger partial charge in [-0.3, -0.25) is 9.69 Å². The number of rotatable bonds is 3. The zero-order valence-electron chi connectivity index (χ0n) is 10.8.